The van der Waals surface area contributed by atoms with Gasteiger partial charge in [-0.05, 0) is 74.0 Å². The van der Waals surface area contributed by atoms with Gasteiger partial charge in [0, 0.05) is 0 Å². The Morgan fingerprint density at radius 2 is 1.00 bits per heavy atom. The Bertz CT molecular complexity index is 224. The van der Waals surface area contributed by atoms with Crippen LogP contribution in [0.2, 0.25) is 0 Å². The summed E-state index contributed by atoms with van der Waals surface area (Å²) in [6.45, 7) is 6.87. The summed E-state index contributed by atoms with van der Waals surface area (Å²) in [5, 5.41) is 0. The Balaban J connectivity index is 0.000000574. The quantitative estimate of drug-likeness (QED) is 0.518. The highest BCUT2D eigenvalue weighted by atomic mass is 31.0. The third-order valence-electron chi connectivity index (χ3n) is 6.07. The maximum atomic E-state index is 2.48. The van der Waals surface area contributed by atoms with Crippen LogP contribution in [0.15, 0.2) is 0 Å². The van der Waals surface area contributed by atoms with E-state index in [1.165, 1.54) is 12.8 Å². The van der Waals surface area contributed by atoms with Gasteiger partial charge < -0.3 is 0 Å². The van der Waals surface area contributed by atoms with Gasteiger partial charge in [0.15, 0.2) is 0 Å². The van der Waals surface area contributed by atoms with E-state index in [-0.39, 0.29) is 0 Å². The van der Waals surface area contributed by atoms with Crippen molar-refractivity contribution in [2.24, 2.45) is 35.5 Å². The van der Waals surface area contributed by atoms with Crippen molar-refractivity contribution in [2.75, 3.05) is 6.66 Å². The maximum absolute atomic E-state index is 2.48. The van der Waals surface area contributed by atoms with Gasteiger partial charge in [-0.2, -0.15) is 0 Å². The van der Waals surface area contributed by atoms with Crippen LogP contribution in [0, 0.1) is 35.5 Å². The van der Waals surface area contributed by atoms with Gasteiger partial charge in [-0.1, -0.05) is 33.4 Å². The molecule has 3 aliphatic rings. The molecule has 0 radical (unpaired) electrons. The van der Waals surface area contributed by atoms with Gasteiger partial charge in [-0.15, -0.1) is 9.24 Å². The first-order chi connectivity index (χ1) is 8.74. The molecule has 18 heavy (non-hydrogen) atoms. The minimum absolute atomic E-state index is 1.03. The molecule has 0 saturated heterocycles. The van der Waals surface area contributed by atoms with Crippen LogP contribution in [0.3, 0.4) is 0 Å². The van der Waals surface area contributed by atoms with Crippen LogP contribution in [0.1, 0.15) is 65.2 Å². The summed E-state index contributed by atoms with van der Waals surface area (Å²) in [4.78, 5) is 0. The molecule has 0 N–H and O–H groups in total. The highest BCUT2D eigenvalue weighted by Gasteiger charge is 2.43. The van der Waals surface area contributed by atoms with Crippen LogP contribution in [0.5, 0.6) is 0 Å². The molecule has 7 unspecified atom stereocenters. The van der Waals surface area contributed by atoms with E-state index in [0.29, 0.717) is 0 Å². The molecule has 0 spiro atoms. The van der Waals surface area contributed by atoms with Crippen LogP contribution >= 0.6 is 9.24 Å². The lowest BCUT2D eigenvalue weighted by atomic mass is 9.55. The van der Waals surface area contributed by atoms with Crippen molar-refractivity contribution in [1.29, 1.82) is 0 Å². The van der Waals surface area contributed by atoms with Crippen LogP contribution in [0.25, 0.3) is 0 Å². The average molecular weight is 268 g/mol. The van der Waals surface area contributed by atoms with E-state index in [0.717, 1.165) is 35.5 Å². The number of rotatable bonds is 0. The molecular weight excluding hydrogens is 235 g/mol. The zero-order chi connectivity index (χ0) is 13.1. The molecule has 0 heterocycles. The van der Waals surface area contributed by atoms with Crippen molar-refractivity contribution >= 4 is 9.24 Å². The van der Waals surface area contributed by atoms with E-state index in [4.69, 9.17) is 0 Å². The fourth-order valence-electron chi connectivity index (χ4n) is 5.26. The third-order valence-corrected chi connectivity index (χ3v) is 6.07. The van der Waals surface area contributed by atoms with Gasteiger partial charge in [0.2, 0.25) is 0 Å². The second kappa shape index (κ2) is 6.74. The van der Waals surface area contributed by atoms with E-state index >= 15 is 0 Å². The first-order valence-electron chi connectivity index (χ1n) is 8.31. The lowest BCUT2D eigenvalue weighted by molar-refractivity contribution is 0.00266. The molecule has 0 aromatic heterocycles. The number of hydrogen-bond acceptors (Lipinski definition) is 0. The van der Waals surface area contributed by atoms with Crippen LogP contribution < -0.4 is 0 Å². The topological polar surface area (TPSA) is 0 Å². The van der Waals surface area contributed by atoms with Crippen molar-refractivity contribution < 1.29 is 0 Å². The molecule has 3 rings (SSSR count). The third kappa shape index (κ3) is 3.12. The van der Waals surface area contributed by atoms with Gasteiger partial charge in [-0.25, -0.2) is 0 Å². The number of hydrogen-bond donors (Lipinski definition) is 0. The van der Waals surface area contributed by atoms with E-state index in [9.17, 15) is 0 Å². The minimum atomic E-state index is 1.03. The molecule has 0 aromatic rings. The van der Waals surface area contributed by atoms with Crippen molar-refractivity contribution in [2.45, 2.75) is 65.2 Å². The summed E-state index contributed by atoms with van der Waals surface area (Å²) in [5.74, 6) is 6.59. The summed E-state index contributed by atoms with van der Waals surface area (Å²) in [6, 6.07) is 0. The Hall–Kier alpha value is 0.430. The van der Waals surface area contributed by atoms with Crippen LogP contribution in [0.4, 0.5) is 0 Å². The van der Waals surface area contributed by atoms with Crippen LogP contribution in [-0.4, -0.2) is 6.66 Å². The fraction of sp³-hybridized carbons (Fsp3) is 1.00. The lowest BCUT2D eigenvalue weighted by Gasteiger charge is -2.50. The Morgan fingerprint density at radius 3 is 1.39 bits per heavy atom. The predicted octanol–water partition coefficient (Wildman–Crippen LogP) is 5.38. The SMILES string of the molecule is CC1CCC2C(CCC3CC(C)CCC32)C1.CP. The Kier molecular flexibility index (Phi) is 5.55. The summed E-state index contributed by atoms with van der Waals surface area (Å²) in [7, 11) is 2.42. The molecule has 0 amide bonds. The van der Waals surface area contributed by atoms with E-state index in [1.807, 2.05) is 6.66 Å². The molecule has 3 fully saturated rings. The van der Waals surface area contributed by atoms with E-state index < -0.39 is 0 Å². The monoisotopic (exact) mass is 268 g/mol. The smallest absolute Gasteiger partial charge is 0.0355 e. The second-order valence-corrected chi connectivity index (χ2v) is 7.26. The first kappa shape index (κ1) is 14.8. The standard InChI is InChI=1S/C16H28.CH5P/c1-11-3-7-15-13(9-11)5-6-14-10-12(2)4-8-16(14)15;1-2/h11-16H,3-10H2,1-2H3;2H2,1H3. The van der Waals surface area contributed by atoms with Gasteiger partial charge >= 0.3 is 0 Å². The van der Waals surface area contributed by atoms with Crippen molar-refractivity contribution in [1.82, 2.24) is 0 Å². The molecule has 7 atom stereocenters. The molecule has 3 saturated carbocycles. The zero-order valence-corrected chi connectivity index (χ0v) is 13.9. The summed E-state index contributed by atoms with van der Waals surface area (Å²) in [5.41, 5.74) is 0. The van der Waals surface area contributed by atoms with Gasteiger partial charge in [0.25, 0.3) is 0 Å². The predicted molar refractivity (Wildman–Crippen MR) is 84.9 cm³/mol. The Morgan fingerprint density at radius 1 is 0.611 bits per heavy atom. The van der Waals surface area contributed by atoms with Gasteiger partial charge in [-0.3, -0.25) is 0 Å². The minimum Gasteiger partial charge on any atom is -0.141 e. The average Bonchev–Trinajstić information content (AvgIpc) is 2.40. The van der Waals surface area contributed by atoms with Crippen molar-refractivity contribution in [3.05, 3.63) is 0 Å². The summed E-state index contributed by atoms with van der Waals surface area (Å²) >= 11 is 0. The summed E-state index contributed by atoms with van der Waals surface area (Å²) < 4.78 is 0. The zero-order valence-electron chi connectivity index (χ0n) is 12.7. The molecule has 106 valence electrons. The molecule has 0 nitrogen and oxygen atoms in total. The normalized spacial score (nSPS) is 47.3. The summed E-state index contributed by atoms with van der Waals surface area (Å²) in [6.07, 6.45) is 12.5. The molecule has 0 aliphatic heterocycles. The fourth-order valence-corrected chi connectivity index (χ4v) is 5.26. The molecule has 0 aromatic carbocycles. The molecule has 1 heteroatoms. The maximum Gasteiger partial charge on any atom is -0.0355 e. The first-order valence-corrected chi connectivity index (χ1v) is 9.47. The highest BCUT2D eigenvalue weighted by molar-refractivity contribution is 7.15. The molecule has 0 bridgehead atoms. The number of fused-ring (bicyclic) bond motifs is 3. The van der Waals surface area contributed by atoms with Crippen molar-refractivity contribution in [3.63, 3.8) is 0 Å². The van der Waals surface area contributed by atoms with Gasteiger partial charge in [0.1, 0.15) is 0 Å². The molecular formula is C17H33P. The Labute approximate surface area is 117 Å². The second-order valence-electron chi connectivity index (χ2n) is 7.26. The van der Waals surface area contributed by atoms with Crippen molar-refractivity contribution in [3.8, 4) is 0 Å². The van der Waals surface area contributed by atoms with Crippen LogP contribution in [-0.2, 0) is 0 Å². The van der Waals surface area contributed by atoms with E-state index in [2.05, 4.69) is 23.1 Å². The largest absolute Gasteiger partial charge is 0.141 e. The molecule has 3 aliphatic carbocycles. The van der Waals surface area contributed by atoms with E-state index in [1.54, 1.807) is 38.5 Å². The van der Waals surface area contributed by atoms with Gasteiger partial charge in [0.05, 0.1) is 0 Å². The lowest BCUT2D eigenvalue weighted by Crippen LogP contribution is -2.40. The highest BCUT2D eigenvalue weighted by Crippen LogP contribution is 2.53.